The molecule has 3 rings (SSSR count). The van der Waals surface area contributed by atoms with Gasteiger partial charge in [-0.25, -0.2) is 0 Å². The van der Waals surface area contributed by atoms with Crippen LogP contribution in [-0.4, -0.2) is 25.2 Å². The SMILES string of the molecule is COc1ccccc1-c1ccc(C(C)NCCCNc2ccncc2)cc1. The molecule has 1 heterocycles. The summed E-state index contributed by atoms with van der Waals surface area (Å²) in [4.78, 5) is 4.02. The zero-order valence-corrected chi connectivity index (χ0v) is 16.0. The molecule has 2 N–H and O–H groups in total. The highest BCUT2D eigenvalue weighted by Crippen LogP contribution is 2.30. The third-order valence-corrected chi connectivity index (χ3v) is 4.64. The van der Waals surface area contributed by atoms with E-state index >= 15 is 0 Å². The first kappa shape index (κ1) is 18.9. The average Bonchev–Trinajstić information content (AvgIpc) is 2.74. The number of nitrogens with zero attached hydrogens (tertiary/aromatic N) is 1. The van der Waals surface area contributed by atoms with Crippen LogP contribution in [0.5, 0.6) is 5.75 Å². The summed E-state index contributed by atoms with van der Waals surface area (Å²) in [5, 5.41) is 6.99. The number of ether oxygens (including phenoxy) is 1. The molecule has 3 aromatic rings. The molecule has 2 aromatic carbocycles. The average molecular weight is 361 g/mol. The molecule has 0 spiro atoms. The number of anilines is 1. The van der Waals surface area contributed by atoms with E-state index in [1.807, 2.05) is 30.3 Å². The van der Waals surface area contributed by atoms with Gasteiger partial charge in [0, 0.05) is 36.2 Å². The fourth-order valence-electron chi connectivity index (χ4n) is 3.06. The number of benzene rings is 2. The summed E-state index contributed by atoms with van der Waals surface area (Å²) in [6.45, 7) is 4.11. The molecule has 0 saturated heterocycles. The van der Waals surface area contributed by atoms with Crippen LogP contribution in [0, 0.1) is 0 Å². The predicted octanol–water partition coefficient (Wildman–Crippen LogP) is 4.91. The van der Waals surface area contributed by atoms with Gasteiger partial charge in [0.1, 0.15) is 5.75 Å². The zero-order valence-electron chi connectivity index (χ0n) is 16.0. The lowest BCUT2D eigenvalue weighted by Crippen LogP contribution is -2.21. The number of para-hydroxylation sites is 1. The Kier molecular flexibility index (Phi) is 6.83. The van der Waals surface area contributed by atoms with E-state index < -0.39 is 0 Å². The van der Waals surface area contributed by atoms with Gasteiger partial charge in [-0.05, 0) is 49.2 Å². The second kappa shape index (κ2) is 9.74. The molecular formula is C23H27N3O. The van der Waals surface area contributed by atoms with Gasteiger partial charge in [0.05, 0.1) is 7.11 Å². The minimum atomic E-state index is 0.317. The summed E-state index contributed by atoms with van der Waals surface area (Å²) in [6.07, 6.45) is 4.67. The maximum absolute atomic E-state index is 5.46. The highest BCUT2D eigenvalue weighted by atomic mass is 16.5. The molecular weight excluding hydrogens is 334 g/mol. The van der Waals surface area contributed by atoms with E-state index in [0.717, 1.165) is 36.5 Å². The molecule has 0 radical (unpaired) electrons. The lowest BCUT2D eigenvalue weighted by molar-refractivity contribution is 0.416. The Bertz CT molecular complexity index is 819. The van der Waals surface area contributed by atoms with Crippen molar-refractivity contribution in [1.82, 2.24) is 10.3 Å². The van der Waals surface area contributed by atoms with Crippen LogP contribution >= 0.6 is 0 Å². The van der Waals surface area contributed by atoms with Gasteiger partial charge in [0.15, 0.2) is 0 Å². The molecule has 0 bridgehead atoms. The Balaban J connectivity index is 1.48. The molecule has 1 unspecified atom stereocenters. The van der Waals surface area contributed by atoms with Crippen LogP contribution in [0.3, 0.4) is 0 Å². The molecule has 4 nitrogen and oxygen atoms in total. The number of methoxy groups -OCH3 is 1. The molecule has 27 heavy (non-hydrogen) atoms. The molecule has 0 aliphatic carbocycles. The molecule has 1 aromatic heterocycles. The minimum Gasteiger partial charge on any atom is -0.496 e. The van der Waals surface area contributed by atoms with Crippen LogP contribution in [0.1, 0.15) is 24.9 Å². The van der Waals surface area contributed by atoms with Crippen molar-refractivity contribution in [2.45, 2.75) is 19.4 Å². The van der Waals surface area contributed by atoms with Gasteiger partial charge < -0.3 is 15.4 Å². The quantitative estimate of drug-likeness (QED) is 0.532. The van der Waals surface area contributed by atoms with Gasteiger partial charge >= 0.3 is 0 Å². The third-order valence-electron chi connectivity index (χ3n) is 4.64. The smallest absolute Gasteiger partial charge is 0.126 e. The number of aromatic nitrogens is 1. The van der Waals surface area contributed by atoms with Crippen molar-refractivity contribution in [2.75, 3.05) is 25.5 Å². The maximum atomic E-state index is 5.46. The second-order valence-electron chi connectivity index (χ2n) is 6.51. The molecule has 140 valence electrons. The number of nitrogens with one attached hydrogen (secondary N) is 2. The Morgan fingerprint density at radius 3 is 2.41 bits per heavy atom. The van der Waals surface area contributed by atoms with E-state index in [2.05, 4.69) is 52.9 Å². The fourth-order valence-corrected chi connectivity index (χ4v) is 3.06. The summed E-state index contributed by atoms with van der Waals surface area (Å²) in [6, 6.07) is 21.1. The van der Waals surface area contributed by atoms with E-state index in [0.29, 0.717) is 6.04 Å². The van der Waals surface area contributed by atoms with Crippen LogP contribution in [0.2, 0.25) is 0 Å². The molecule has 1 atom stereocenters. The fraction of sp³-hybridized carbons (Fsp3) is 0.261. The van der Waals surface area contributed by atoms with E-state index in [-0.39, 0.29) is 0 Å². The molecule has 0 saturated carbocycles. The minimum absolute atomic E-state index is 0.317. The van der Waals surface area contributed by atoms with E-state index in [1.165, 1.54) is 11.1 Å². The van der Waals surface area contributed by atoms with Gasteiger partial charge in [-0.2, -0.15) is 0 Å². The van der Waals surface area contributed by atoms with Crippen LogP contribution in [-0.2, 0) is 0 Å². The van der Waals surface area contributed by atoms with Gasteiger partial charge in [0.25, 0.3) is 0 Å². The van der Waals surface area contributed by atoms with E-state index in [1.54, 1.807) is 19.5 Å². The van der Waals surface area contributed by atoms with Crippen molar-refractivity contribution >= 4 is 5.69 Å². The second-order valence-corrected chi connectivity index (χ2v) is 6.51. The largest absolute Gasteiger partial charge is 0.496 e. The monoisotopic (exact) mass is 361 g/mol. The Morgan fingerprint density at radius 1 is 0.926 bits per heavy atom. The molecule has 0 amide bonds. The van der Waals surface area contributed by atoms with Crippen molar-refractivity contribution in [3.63, 3.8) is 0 Å². The normalized spacial score (nSPS) is 11.8. The lowest BCUT2D eigenvalue weighted by atomic mass is 10.0. The van der Waals surface area contributed by atoms with E-state index in [9.17, 15) is 0 Å². The Hall–Kier alpha value is -2.85. The topological polar surface area (TPSA) is 46.2 Å². The number of rotatable bonds is 9. The van der Waals surface area contributed by atoms with Gasteiger partial charge in [0.2, 0.25) is 0 Å². The van der Waals surface area contributed by atoms with Crippen molar-refractivity contribution in [2.24, 2.45) is 0 Å². The summed E-state index contributed by atoms with van der Waals surface area (Å²) in [5.41, 5.74) is 4.69. The molecule has 0 fully saturated rings. The Labute approximate surface area is 161 Å². The molecule has 0 aliphatic heterocycles. The predicted molar refractivity (Wildman–Crippen MR) is 112 cm³/mol. The molecule has 4 heteroatoms. The summed E-state index contributed by atoms with van der Waals surface area (Å²) in [7, 11) is 1.71. The van der Waals surface area contributed by atoms with Crippen molar-refractivity contribution in [3.8, 4) is 16.9 Å². The first-order chi connectivity index (χ1) is 13.3. The standard InChI is InChI=1S/C23H27N3O/c1-18(25-14-5-15-26-21-12-16-24-17-13-21)19-8-10-20(11-9-19)22-6-3-4-7-23(22)27-2/h3-4,6-13,16-18,25H,5,14-15H2,1-2H3,(H,24,26). The van der Waals surface area contributed by atoms with Crippen molar-refractivity contribution < 1.29 is 4.74 Å². The van der Waals surface area contributed by atoms with Gasteiger partial charge in [-0.3, -0.25) is 4.98 Å². The van der Waals surface area contributed by atoms with Crippen LogP contribution in [0.25, 0.3) is 11.1 Å². The molecule has 0 aliphatic rings. The number of pyridine rings is 1. The first-order valence-corrected chi connectivity index (χ1v) is 9.38. The highest BCUT2D eigenvalue weighted by molar-refractivity contribution is 5.70. The number of hydrogen-bond donors (Lipinski definition) is 2. The summed E-state index contributed by atoms with van der Waals surface area (Å²) < 4.78 is 5.46. The summed E-state index contributed by atoms with van der Waals surface area (Å²) in [5.74, 6) is 0.901. The van der Waals surface area contributed by atoms with Crippen LogP contribution < -0.4 is 15.4 Å². The first-order valence-electron chi connectivity index (χ1n) is 9.38. The van der Waals surface area contributed by atoms with Crippen LogP contribution in [0.4, 0.5) is 5.69 Å². The third kappa shape index (κ3) is 5.31. The maximum Gasteiger partial charge on any atom is 0.126 e. The van der Waals surface area contributed by atoms with Crippen LogP contribution in [0.15, 0.2) is 73.1 Å². The van der Waals surface area contributed by atoms with Crippen molar-refractivity contribution in [1.29, 1.82) is 0 Å². The zero-order chi connectivity index (χ0) is 18.9. The van der Waals surface area contributed by atoms with Gasteiger partial charge in [-0.15, -0.1) is 0 Å². The van der Waals surface area contributed by atoms with Gasteiger partial charge in [-0.1, -0.05) is 42.5 Å². The lowest BCUT2D eigenvalue weighted by Gasteiger charge is -2.16. The number of hydrogen-bond acceptors (Lipinski definition) is 4. The van der Waals surface area contributed by atoms with E-state index in [4.69, 9.17) is 4.74 Å². The highest BCUT2D eigenvalue weighted by Gasteiger charge is 2.07. The summed E-state index contributed by atoms with van der Waals surface area (Å²) >= 11 is 0. The van der Waals surface area contributed by atoms with Crippen molar-refractivity contribution in [3.05, 3.63) is 78.6 Å². The Morgan fingerprint density at radius 2 is 1.67 bits per heavy atom.